The first-order valence-electron chi connectivity index (χ1n) is 8.79. The van der Waals surface area contributed by atoms with Gasteiger partial charge in [0.2, 0.25) is 5.89 Å². The second-order valence-electron chi connectivity index (χ2n) is 6.04. The van der Waals surface area contributed by atoms with Crippen LogP contribution < -0.4 is 20.1 Å². The lowest BCUT2D eigenvalue weighted by atomic mass is 10.2. The largest absolute Gasteiger partial charge is 0.493 e. The van der Waals surface area contributed by atoms with E-state index in [1.165, 1.54) is 0 Å². The van der Waals surface area contributed by atoms with Crippen molar-refractivity contribution in [1.82, 2.24) is 9.97 Å². The first-order valence-corrected chi connectivity index (χ1v) is 9.20. The smallest absolute Gasteiger partial charge is 0.230 e. The Bertz CT molecular complexity index is 1140. The lowest BCUT2D eigenvalue weighted by Gasteiger charge is -2.14. The maximum absolute atomic E-state index is 5.84. The lowest BCUT2D eigenvalue weighted by Crippen LogP contribution is -2.19. The Morgan fingerprint density at radius 3 is 2.59 bits per heavy atom. The molecule has 0 aliphatic heterocycles. The molecule has 2 aromatic carbocycles. The minimum absolute atomic E-state index is 0.416. The number of thiocarbonyl (C=S) groups is 1. The number of anilines is 2. The molecule has 7 nitrogen and oxygen atoms in total. The summed E-state index contributed by atoms with van der Waals surface area (Å²) in [6.45, 7) is 0. The summed E-state index contributed by atoms with van der Waals surface area (Å²) in [6, 6.07) is 16.7. The van der Waals surface area contributed by atoms with Gasteiger partial charge in [0.1, 0.15) is 0 Å². The fraction of sp³-hybridized carbons (Fsp3) is 0.0952. The van der Waals surface area contributed by atoms with Crippen LogP contribution in [0.3, 0.4) is 0 Å². The quantitative estimate of drug-likeness (QED) is 0.461. The van der Waals surface area contributed by atoms with Crippen molar-refractivity contribution in [1.29, 1.82) is 0 Å². The van der Waals surface area contributed by atoms with Gasteiger partial charge in [0.25, 0.3) is 0 Å². The van der Waals surface area contributed by atoms with Crippen LogP contribution in [0, 0.1) is 0 Å². The Kier molecular flexibility index (Phi) is 5.26. The van der Waals surface area contributed by atoms with Gasteiger partial charge >= 0.3 is 0 Å². The monoisotopic (exact) mass is 406 g/mol. The molecule has 0 saturated carbocycles. The van der Waals surface area contributed by atoms with E-state index in [-0.39, 0.29) is 0 Å². The summed E-state index contributed by atoms with van der Waals surface area (Å²) in [4.78, 5) is 8.68. The number of pyridine rings is 1. The van der Waals surface area contributed by atoms with Crippen molar-refractivity contribution in [3.63, 3.8) is 0 Å². The number of aromatic nitrogens is 2. The van der Waals surface area contributed by atoms with Gasteiger partial charge in [-0.05, 0) is 48.6 Å². The van der Waals surface area contributed by atoms with Gasteiger partial charge in [0, 0.05) is 18.0 Å². The number of nitrogens with one attached hydrogen (secondary N) is 2. The van der Waals surface area contributed by atoms with Crippen LogP contribution in [0.15, 0.2) is 65.2 Å². The topological polar surface area (TPSA) is 81.4 Å². The molecule has 2 heterocycles. The van der Waals surface area contributed by atoms with Crippen molar-refractivity contribution in [2.75, 3.05) is 24.9 Å². The summed E-state index contributed by atoms with van der Waals surface area (Å²) in [6.07, 6.45) is 1.68. The number of benzene rings is 2. The molecule has 0 atom stereocenters. The van der Waals surface area contributed by atoms with Gasteiger partial charge in [-0.25, -0.2) is 4.98 Å². The fourth-order valence-corrected chi connectivity index (χ4v) is 3.09. The van der Waals surface area contributed by atoms with E-state index >= 15 is 0 Å². The van der Waals surface area contributed by atoms with Crippen LogP contribution in [0.2, 0.25) is 0 Å². The average molecular weight is 406 g/mol. The molecule has 0 fully saturated rings. The highest BCUT2D eigenvalue weighted by Gasteiger charge is 2.14. The molecule has 0 amide bonds. The van der Waals surface area contributed by atoms with Crippen LogP contribution in [0.1, 0.15) is 0 Å². The second kappa shape index (κ2) is 8.15. The molecule has 0 spiro atoms. The molecule has 0 unspecified atom stereocenters. The zero-order chi connectivity index (χ0) is 20.2. The van der Waals surface area contributed by atoms with E-state index < -0.39 is 0 Å². The summed E-state index contributed by atoms with van der Waals surface area (Å²) in [5.41, 5.74) is 3.49. The standard InChI is InChI=1S/C21H18N4O3S/c1-26-16-10-9-13(12-18(16)27-2)23-21(29)24-15-7-4-3-6-14(15)20-25-19-17(28-20)8-5-11-22-19/h3-12H,1-2H3,(H2,23,24,29). The third-order valence-electron chi connectivity index (χ3n) is 4.21. The van der Waals surface area contributed by atoms with E-state index in [0.29, 0.717) is 33.7 Å². The maximum atomic E-state index is 5.84. The minimum atomic E-state index is 0.416. The molecular weight excluding hydrogens is 388 g/mol. The second-order valence-corrected chi connectivity index (χ2v) is 6.45. The number of fused-ring (bicyclic) bond motifs is 1. The van der Waals surface area contributed by atoms with Gasteiger partial charge in [-0.1, -0.05) is 12.1 Å². The highest BCUT2D eigenvalue weighted by Crippen LogP contribution is 2.31. The lowest BCUT2D eigenvalue weighted by molar-refractivity contribution is 0.355. The average Bonchev–Trinajstić information content (AvgIpc) is 3.18. The van der Waals surface area contributed by atoms with Crippen LogP contribution in [0.25, 0.3) is 22.7 Å². The fourth-order valence-electron chi connectivity index (χ4n) is 2.86. The molecule has 0 aliphatic rings. The Balaban J connectivity index is 1.56. The minimum Gasteiger partial charge on any atom is -0.493 e. The summed E-state index contributed by atoms with van der Waals surface area (Å²) >= 11 is 5.48. The van der Waals surface area contributed by atoms with Crippen molar-refractivity contribution < 1.29 is 13.9 Å². The van der Waals surface area contributed by atoms with Crippen molar-refractivity contribution in [3.05, 3.63) is 60.8 Å². The number of para-hydroxylation sites is 1. The van der Waals surface area contributed by atoms with E-state index in [2.05, 4.69) is 20.6 Å². The molecule has 0 bridgehead atoms. The number of rotatable bonds is 5. The Morgan fingerprint density at radius 1 is 0.966 bits per heavy atom. The predicted molar refractivity (Wildman–Crippen MR) is 117 cm³/mol. The summed E-state index contributed by atoms with van der Waals surface area (Å²) < 4.78 is 16.4. The molecular formula is C21H18N4O3S. The maximum Gasteiger partial charge on any atom is 0.230 e. The van der Waals surface area contributed by atoms with E-state index in [1.807, 2.05) is 54.6 Å². The Hall–Kier alpha value is -3.65. The first kappa shape index (κ1) is 18.7. The van der Waals surface area contributed by atoms with Crippen LogP contribution in [-0.2, 0) is 0 Å². The first-order chi connectivity index (χ1) is 14.2. The molecule has 2 aromatic heterocycles. The van der Waals surface area contributed by atoms with E-state index in [4.69, 9.17) is 26.1 Å². The summed E-state index contributed by atoms with van der Waals surface area (Å²) in [5.74, 6) is 1.72. The Labute approximate surface area is 172 Å². The third kappa shape index (κ3) is 3.97. The van der Waals surface area contributed by atoms with Gasteiger partial charge in [0.05, 0.1) is 25.5 Å². The van der Waals surface area contributed by atoms with Gasteiger partial charge in [-0.3, -0.25) is 0 Å². The molecule has 0 radical (unpaired) electrons. The molecule has 29 heavy (non-hydrogen) atoms. The van der Waals surface area contributed by atoms with Crippen molar-refractivity contribution in [3.8, 4) is 23.0 Å². The van der Waals surface area contributed by atoms with Gasteiger partial charge in [-0.2, -0.15) is 4.98 Å². The zero-order valence-electron chi connectivity index (χ0n) is 15.8. The third-order valence-corrected chi connectivity index (χ3v) is 4.42. The van der Waals surface area contributed by atoms with Crippen molar-refractivity contribution in [2.45, 2.75) is 0 Å². The number of nitrogens with zero attached hydrogens (tertiary/aromatic N) is 2. The highest BCUT2D eigenvalue weighted by molar-refractivity contribution is 7.80. The van der Waals surface area contributed by atoms with Crippen molar-refractivity contribution >= 4 is 39.9 Å². The SMILES string of the molecule is COc1ccc(NC(=S)Nc2ccccc2-c2nc3ncccc3o2)cc1OC. The molecule has 2 N–H and O–H groups in total. The zero-order valence-corrected chi connectivity index (χ0v) is 16.6. The van der Waals surface area contributed by atoms with E-state index in [0.717, 1.165) is 16.9 Å². The van der Waals surface area contributed by atoms with Gasteiger partial charge in [-0.15, -0.1) is 0 Å². The van der Waals surface area contributed by atoms with Crippen molar-refractivity contribution in [2.24, 2.45) is 0 Å². The van der Waals surface area contributed by atoms with Gasteiger partial charge < -0.3 is 24.5 Å². The Morgan fingerprint density at radius 2 is 1.79 bits per heavy atom. The summed E-state index contributed by atoms with van der Waals surface area (Å²) in [7, 11) is 3.18. The van der Waals surface area contributed by atoms with Crippen LogP contribution in [0.5, 0.6) is 11.5 Å². The number of hydrogen-bond acceptors (Lipinski definition) is 6. The normalized spacial score (nSPS) is 10.6. The predicted octanol–water partition coefficient (Wildman–Crippen LogP) is 4.72. The number of hydrogen-bond donors (Lipinski definition) is 2. The summed E-state index contributed by atoms with van der Waals surface area (Å²) in [5, 5.41) is 6.75. The molecule has 146 valence electrons. The van der Waals surface area contributed by atoms with Gasteiger partial charge in [0.15, 0.2) is 27.8 Å². The van der Waals surface area contributed by atoms with Crippen LogP contribution in [-0.4, -0.2) is 29.3 Å². The number of methoxy groups -OCH3 is 2. The molecule has 8 heteroatoms. The molecule has 0 saturated heterocycles. The molecule has 4 aromatic rings. The van der Waals surface area contributed by atoms with E-state index in [1.54, 1.807) is 20.4 Å². The molecule has 4 rings (SSSR count). The van der Waals surface area contributed by atoms with Crippen LogP contribution >= 0.6 is 12.2 Å². The number of ether oxygens (including phenoxy) is 2. The molecule has 0 aliphatic carbocycles. The van der Waals surface area contributed by atoms with Crippen LogP contribution in [0.4, 0.5) is 11.4 Å². The van der Waals surface area contributed by atoms with E-state index in [9.17, 15) is 0 Å². The highest BCUT2D eigenvalue weighted by atomic mass is 32.1. The number of oxazole rings is 1.